The molecule has 3 heterocycles. The summed E-state index contributed by atoms with van der Waals surface area (Å²) in [4.78, 5) is 13.7. The summed E-state index contributed by atoms with van der Waals surface area (Å²) in [5.74, 6) is 0.298. The standard InChI is InChI=1S/C20H31BFN3O4/c1-18(2,3)27-17(26)24-10-15(11-24)13-25-12-14(9-23-25)8-16(22)21-28-19(4,5)20(6,7)29-21/h8-9,12,15H,10-11,13H2,1-7H3. The maximum absolute atomic E-state index is 14.6. The summed E-state index contributed by atoms with van der Waals surface area (Å²) >= 11 is 0. The third-order valence-corrected chi connectivity index (χ3v) is 5.49. The van der Waals surface area contributed by atoms with Crippen molar-refractivity contribution in [3.8, 4) is 0 Å². The molecule has 0 radical (unpaired) electrons. The van der Waals surface area contributed by atoms with E-state index >= 15 is 0 Å². The average Bonchev–Trinajstić information content (AvgIpc) is 3.02. The van der Waals surface area contributed by atoms with E-state index < -0.39 is 29.6 Å². The summed E-state index contributed by atoms with van der Waals surface area (Å²) in [5, 5.41) is 4.29. The highest BCUT2D eigenvalue weighted by atomic mass is 19.1. The molecule has 1 aromatic heterocycles. The van der Waals surface area contributed by atoms with Gasteiger partial charge in [0.05, 0.1) is 17.4 Å². The Kier molecular flexibility index (Phi) is 5.60. The van der Waals surface area contributed by atoms with E-state index in [9.17, 15) is 9.18 Å². The van der Waals surface area contributed by atoms with E-state index in [1.807, 2.05) is 48.5 Å². The van der Waals surface area contributed by atoms with Gasteiger partial charge in [-0.3, -0.25) is 4.68 Å². The molecule has 0 spiro atoms. The molecule has 2 aliphatic rings. The Labute approximate surface area is 172 Å². The Balaban J connectivity index is 1.52. The van der Waals surface area contributed by atoms with Gasteiger partial charge < -0.3 is 18.9 Å². The van der Waals surface area contributed by atoms with Gasteiger partial charge in [-0.15, -0.1) is 0 Å². The van der Waals surface area contributed by atoms with Crippen LogP contribution >= 0.6 is 0 Å². The molecule has 0 unspecified atom stereocenters. The molecule has 29 heavy (non-hydrogen) atoms. The predicted molar refractivity (Wildman–Crippen MR) is 109 cm³/mol. The van der Waals surface area contributed by atoms with Crippen molar-refractivity contribution in [3.05, 3.63) is 23.7 Å². The fourth-order valence-corrected chi connectivity index (χ4v) is 3.16. The zero-order valence-corrected chi connectivity index (χ0v) is 18.4. The Morgan fingerprint density at radius 1 is 1.31 bits per heavy atom. The van der Waals surface area contributed by atoms with Crippen molar-refractivity contribution in [1.82, 2.24) is 14.7 Å². The van der Waals surface area contributed by atoms with Gasteiger partial charge in [-0.25, -0.2) is 9.18 Å². The average molecular weight is 407 g/mol. The number of likely N-dealkylation sites (tertiary alicyclic amines) is 1. The van der Waals surface area contributed by atoms with Crippen molar-refractivity contribution in [1.29, 1.82) is 0 Å². The molecule has 0 N–H and O–H groups in total. The highest BCUT2D eigenvalue weighted by Crippen LogP contribution is 2.39. The van der Waals surface area contributed by atoms with Gasteiger partial charge in [0.15, 0.2) is 0 Å². The topological polar surface area (TPSA) is 65.8 Å². The van der Waals surface area contributed by atoms with Gasteiger partial charge in [0.1, 0.15) is 11.3 Å². The second-order valence-electron chi connectivity index (χ2n) is 9.86. The van der Waals surface area contributed by atoms with Gasteiger partial charge >= 0.3 is 13.2 Å². The summed E-state index contributed by atoms with van der Waals surface area (Å²) in [5.41, 5.74) is -1.51. The lowest BCUT2D eigenvalue weighted by Gasteiger charge is -2.39. The van der Waals surface area contributed by atoms with Crippen LogP contribution in [0.3, 0.4) is 0 Å². The van der Waals surface area contributed by atoms with Crippen LogP contribution in [0.25, 0.3) is 6.08 Å². The van der Waals surface area contributed by atoms with Crippen molar-refractivity contribution in [3.63, 3.8) is 0 Å². The SMILES string of the molecule is CC(C)(C)OC(=O)N1CC(Cn2cc(C=C(F)B3OC(C)(C)C(C)(C)O3)cn2)C1. The number of nitrogens with zero attached hydrogens (tertiary/aromatic N) is 3. The van der Waals surface area contributed by atoms with Crippen molar-refractivity contribution in [2.45, 2.75) is 71.8 Å². The van der Waals surface area contributed by atoms with Gasteiger partial charge in [-0.2, -0.15) is 5.10 Å². The third kappa shape index (κ3) is 5.01. The van der Waals surface area contributed by atoms with Gasteiger partial charge in [0.25, 0.3) is 0 Å². The van der Waals surface area contributed by atoms with Crippen LogP contribution in [0.4, 0.5) is 9.18 Å². The first-order valence-electron chi connectivity index (χ1n) is 9.99. The van der Waals surface area contributed by atoms with Crippen molar-refractivity contribution < 1.29 is 23.2 Å². The van der Waals surface area contributed by atoms with E-state index in [-0.39, 0.29) is 6.09 Å². The normalized spacial score (nSPS) is 22.0. The fourth-order valence-electron chi connectivity index (χ4n) is 3.16. The first-order valence-corrected chi connectivity index (χ1v) is 9.99. The first-order chi connectivity index (χ1) is 13.3. The van der Waals surface area contributed by atoms with E-state index in [4.69, 9.17) is 14.0 Å². The largest absolute Gasteiger partial charge is 0.525 e. The van der Waals surface area contributed by atoms with Crippen LogP contribution in [0.15, 0.2) is 18.1 Å². The lowest BCUT2D eigenvalue weighted by molar-refractivity contribution is -0.00384. The number of hydrogen-bond donors (Lipinski definition) is 0. The van der Waals surface area contributed by atoms with Gasteiger partial charge in [-0.1, -0.05) is 0 Å². The number of hydrogen-bond acceptors (Lipinski definition) is 5. The Morgan fingerprint density at radius 3 is 2.45 bits per heavy atom. The number of carbonyl (C=O) groups excluding carboxylic acids is 1. The zero-order chi connectivity index (χ0) is 21.6. The number of aromatic nitrogens is 2. The molecule has 2 saturated heterocycles. The van der Waals surface area contributed by atoms with Crippen LogP contribution < -0.4 is 0 Å². The molecule has 9 heteroatoms. The van der Waals surface area contributed by atoms with Crippen LogP contribution in [0, 0.1) is 5.92 Å². The maximum atomic E-state index is 14.6. The molecule has 3 rings (SSSR count). The van der Waals surface area contributed by atoms with E-state index in [1.165, 1.54) is 6.08 Å². The molecule has 1 aromatic rings. The van der Waals surface area contributed by atoms with Gasteiger partial charge in [0, 0.05) is 37.3 Å². The predicted octanol–water partition coefficient (Wildman–Crippen LogP) is 3.69. The number of amides is 1. The summed E-state index contributed by atoms with van der Waals surface area (Å²) in [6.45, 7) is 15.0. The number of carbonyl (C=O) groups is 1. The summed E-state index contributed by atoms with van der Waals surface area (Å²) < 4.78 is 33.2. The van der Waals surface area contributed by atoms with Crippen LogP contribution in [-0.2, 0) is 20.6 Å². The quantitative estimate of drug-likeness (QED) is 0.713. The molecule has 0 aliphatic carbocycles. The summed E-state index contributed by atoms with van der Waals surface area (Å²) in [6, 6.07) is 0. The minimum atomic E-state index is -1.02. The van der Waals surface area contributed by atoms with Crippen LogP contribution in [0.2, 0.25) is 0 Å². The molecule has 2 aliphatic heterocycles. The lowest BCUT2D eigenvalue weighted by atomic mass is 9.87. The van der Waals surface area contributed by atoms with Crippen LogP contribution in [0.5, 0.6) is 0 Å². The monoisotopic (exact) mass is 407 g/mol. The fraction of sp³-hybridized carbons (Fsp3) is 0.700. The van der Waals surface area contributed by atoms with Crippen molar-refractivity contribution >= 4 is 19.3 Å². The summed E-state index contributed by atoms with van der Waals surface area (Å²) in [7, 11) is -1.02. The highest BCUT2D eigenvalue weighted by Gasteiger charge is 2.53. The minimum Gasteiger partial charge on any atom is -0.444 e. The molecule has 0 atom stereocenters. The van der Waals surface area contributed by atoms with E-state index in [0.717, 1.165) is 0 Å². The molecule has 2 fully saturated rings. The number of halogens is 1. The number of rotatable bonds is 4. The second-order valence-corrected chi connectivity index (χ2v) is 9.86. The molecule has 160 valence electrons. The van der Waals surface area contributed by atoms with E-state index in [2.05, 4.69) is 5.10 Å². The van der Waals surface area contributed by atoms with Gasteiger partial charge in [-0.05, 0) is 54.5 Å². The molecular formula is C20H31BFN3O4. The number of ether oxygens (including phenoxy) is 1. The third-order valence-electron chi connectivity index (χ3n) is 5.49. The maximum Gasteiger partial charge on any atom is 0.525 e. The Hall–Kier alpha value is -1.87. The van der Waals surface area contributed by atoms with Crippen LogP contribution in [-0.4, -0.2) is 57.8 Å². The lowest BCUT2D eigenvalue weighted by Crippen LogP contribution is -2.52. The van der Waals surface area contributed by atoms with E-state index in [0.29, 0.717) is 31.1 Å². The Morgan fingerprint density at radius 2 is 1.90 bits per heavy atom. The molecule has 0 saturated carbocycles. The highest BCUT2D eigenvalue weighted by molar-refractivity contribution is 6.54. The zero-order valence-electron chi connectivity index (χ0n) is 18.4. The summed E-state index contributed by atoms with van der Waals surface area (Å²) in [6.07, 6.45) is 4.48. The Bertz CT molecular complexity index is 778. The molecule has 0 aromatic carbocycles. The van der Waals surface area contributed by atoms with Crippen LogP contribution in [0.1, 0.15) is 54.0 Å². The second kappa shape index (κ2) is 7.43. The molecule has 7 nitrogen and oxygen atoms in total. The molecular weight excluding hydrogens is 376 g/mol. The van der Waals surface area contributed by atoms with E-state index in [1.54, 1.807) is 22.0 Å². The first kappa shape index (κ1) is 21.8. The van der Waals surface area contributed by atoms with Crippen molar-refractivity contribution in [2.24, 2.45) is 5.92 Å². The molecule has 0 bridgehead atoms. The molecule has 1 amide bonds. The minimum absolute atomic E-state index is 0.290. The van der Waals surface area contributed by atoms with Gasteiger partial charge in [0.2, 0.25) is 0 Å². The van der Waals surface area contributed by atoms with Crippen molar-refractivity contribution in [2.75, 3.05) is 13.1 Å². The smallest absolute Gasteiger partial charge is 0.444 e.